The van der Waals surface area contributed by atoms with Crippen molar-refractivity contribution < 1.29 is 19.4 Å². The first-order valence-corrected chi connectivity index (χ1v) is 4.40. The van der Waals surface area contributed by atoms with E-state index in [-0.39, 0.29) is 18.0 Å². The largest absolute Gasteiger partial charge is 0.478 e. The molecule has 15 heavy (non-hydrogen) atoms. The van der Waals surface area contributed by atoms with Crippen molar-refractivity contribution in [3.63, 3.8) is 0 Å². The molecule has 1 aliphatic rings. The van der Waals surface area contributed by atoms with Crippen LogP contribution in [0, 0.1) is 0 Å². The minimum absolute atomic E-state index is 0.133. The van der Waals surface area contributed by atoms with Gasteiger partial charge in [0.1, 0.15) is 5.75 Å². The first-order chi connectivity index (χ1) is 7.08. The molecule has 0 spiro atoms. The Morgan fingerprint density at radius 3 is 2.93 bits per heavy atom. The average Bonchev–Trinajstić information content (AvgIpc) is 2.16. The maximum absolute atomic E-state index is 11.5. The number of carboxylic acid groups (broad SMARTS) is 1. The van der Waals surface area contributed by atoms with Crippen molar-refractivity contribution in [2.24, 2.45) is 0 Å². The Bertz CT molecular complexity index is 441. The van der Waals surface area contributed by atoms with Gasteiger partial charge in [-0.2, -0.15) is 0 Å². The number of rotatable bonds is 1. The fraction of sp³-hybridized carbons (Fsp3) is 0.200. The Kier molecular flexibility index (Phi) is 2.07. The zero-order valence-electron chi connectivity index (χ0n) is 7.77. The Labute approximate surface area is 85.5 Å². The molecule has 78 valence electrons. The van der Waals surface area contributed by atoms with Crippen LogP contribution in [0.15, 0.2) is 18.2 Å². The molecule has 0 saturated heterocycles. The van der Waals surface area contributed by atoms with E-state index in [2.05, 4.69) is 0 Å². The summed E-state index contributed by atoms with van der Waals surface area (Å²) in [6.07, 6.45) is -1.24. The average molecular weight is 207 g/mol. The number of carbonyl (C=O) groups is 2. The zero-order chi connectivity index (χ0) is 11.0. The molecule has 0 amide bonds. The molecule has 1 aliphatic heterocycles. The highest BCUT2D eigenvalue weighted by Crippen LogP contribution is 2.29. The van der Waals surface area contributed by atoms with E-state index in [1.807, 2.05) is 0 Å². The number of ketones is 1. The first-order valence-electron chi connectivity index (χ1n) is 4.40. The van der Waals surface area contributed by atoms with Gasteiger partial charge in [-0.25, -0.2) is 4.79 Å². The standard InChI is InChI=1S/C10H9NO4/c11-5-1-2-6-7(12)4-9(10(13)14)15-8(6)3-5/h1-3,9H,4,11H2,(H,13,14). The van der Waals surface area contributed by atoms with E-state index in [1.165, 1.54) is 6.07 Å². The van der Waals surface area contributed by atoms with Crippen LogP contribution in [0.1, 0.15) is 16.8 Å². The first kappa shape index (κ1) is 9.51. The van der Waals surface area contributed by atoms with Gasteiger partial charge in [-0.1, -0.05) is 0 Å². The predicted octanol–water partition coefficient (Wildman–Crippen LogP) is 0.687. The lowest BCUT2D eigenvalue weighted by Gasteiger charge is -2.22. The highest BCUT2D eigenvalue weighted by molar-refractivity contribution is 6.02. The monoisotopic (exact) mass is 207 g/mol. The summed E-state index contributed by atoms with van der Waals surface area (Å²) in [5, 5.41) is 8.74. The van der Waals surface area contributed by atoms with Crippen LogP contribution in [0.3, 0.4) is 0 Å². The number of ether oxygens (including phenoxy) is 1. The summed E-state index contributed by atoms with van der Waals surface area (Å²) in [7, 11) is 0. The van der Waals surface area contributed by atoms with Crippen molar-refractivity contribution in [2.45, 2.75) is 12.5 Å². The van der Waals surface area contributed by atoms with E-state index in [9.17, 15) is 9.59 Å². The van der Waals surface area contributed by atoms with E-state index >= 15 is 0 Å². The van der Waals surface area contributed by atoms with Crippen molar-refractivity contribution in [2.75, 3.05) is 5.73 Å². The Hall–Kier alpha value is -2.04. The number of fused-ring (bicyclic) bond motifs is 1. The third-order valence-corrected chi connectivity index (χ3v) is 2.22. The molecule has 5 heteroatoms. The summed E-state index contributed by atoms with van der Waals surface area (Å²) in [4.78, 5) is 22.2. The van der Waals surface area contributed by atoms with Gasteiger partial charge in [-0.15, -0.1) is 0 Å². The predicted molar refractivity (Wildman–Crippen MR) is 51.9 cm³/mol. The van der Waals surface area contributed by atoms with Gasteiger partial charge in [-0.05, 0) is 12.1 Å². The van der Waals surface area contributed by atoms with E-state index in [0.717, 1.165) is 0 Å². The summed E-state index contributed by atoms with van der Waals surface area (Å²) in [5.74, 6) is -1.13. The molecule has 3 N–H and O–H groups in total. The summed E-state index contributed by atoms with van der Waals surface area (Å²) in [5.41, 5.74) is 6.34. The van der Waals surface area contributed by atoms with Gasteiger partial charge in [0, 0.05) is 11.8 Å². The number of nitrogens with two attached hydrogens (primary N) is 1. The summed E-state index contributed by atoms with van der Waals surface area (Å²) in [6, 6.07) is 4.59. The second-order valence-corrected chi connectivity index (χ2v) is 3.33. The molecule has 0 aromatic heterocycles. The molecular weight excluding hydrogens is 198 g/mol. The molecule has 0 fully saturated rings. The van der Waals surface area contributed by atoms with Gasteiger partial charge < -0.3 is 15.6 Å². The van der Waals surface area contributed by atoms with E-state index < -0.39 is 12.1 Å². The van der Waals surface area contributed by atoms with Crippen molar-refractivity contribution >= 4 is 17.4 Å². The van der Waals surface area contributed by atoms with Crippen molar-refractivity contribution in [3.05, 3.63) is 23.8 Å². The number of hydrogen-bond acceptors (Lipinski definition) is 4. The van der Waals surface area contributed by atoms with Crippen LogP contribution in [-0.4, -0.2) is 23.0 Å². The second kappa shape index (κ2) is 3.27. The van der Waals surface area contributed by atoms with Crippen molar-refractivity contribution in [3.8, 4) is 5.75 Å². The molecule has 5 nitrogen and oxygen atoms in total. The van der Waals surface area contributed by atoms with E-state index in [4.69, 9.17) is 15.6 Å². The highest BCUT2D eigenvalue weighted by Gasteiger charge is 2.31. The van der Waals surface area contributed by atoms with Crippen LogP contribution >= 0.6 is 0 Å². The lowest BCUT2D eigenvalue weighted by molar-refractivity contribution is -0.145. The van der Waals surface area contributed by atoms with E-state index in [1.54, 1.807) is 12.1 Å². The molecular formula is C10H9NO4. The number of benzene rings is 1. The number of hydrogen-bond donors (Lipinski definition) is 2. The smallest absolute Gasteiger partial charge is 0.345 e. The zero-order valence-corrected chi connectivity index (χ0v) is 7.77. The molecule has 1 aromatic rings. The lowest BCUT2D eigenvalue weighted by Crippen LogP contribution is -2.33. The SMILES string of the molecule is Nc1ccc2c(c1)OC(C(=O)O)CC2=O. The number of carboxylic acids is 1. The van der Waals surface area contributed by atoms with Crippen LogP contribution in [0.2, 0.25) is 0 Å². The van der Waals surface area contributed by atoms with Crippen molar-refractivity contribution in [1.29, 1.82) is 0 Å². The maximum Gasteiger partial charge on any atom is 0.345 e. The molecule has 1 heterocycles. The molecule has 1 atom stereocenters. The van der Waals surface area contributed by atoms with Crippen LogP contribution < -0.4 is 10.5 Å². The molecule has 0 bridgehead atoms. The van der Waals surface area contributed by atoms with Gasteiger partial charge in [0.2, 0.25) is 6.10 Å². The number of aliphatic carboxylic acids is 1. The highest BCUT2D eigenvalue weighted by atomic mass is 16.5. The molecule has 1 unspecified atom stereocenters. The van der Waals surface area contributed by atoms with Gasteiger partial charge >= 0.3 is 5.97 Å². The third kappa shape index (κ3) is 1.63. The summed E-state index contributed by atoms with van der Waals surface area (Å²) in [6.45, 7) is 0. The Morgan fingerprint density at radius 1 is 1.53 bits per heavy atom. The number of carbonyl (C=O) groups excluding carboxylic acids is 1. The van der Waals surface area contributed by atoms with Crippen LogP contribution in [0.5, 0.6) is 5.75 Å². The van der Waals surface area contributed by atoms with Crippen LogP contribution in [0.25, 0.3) is 0 Å². The van der Waals surface area contributed by atoms with Crippen molar-refractivity contribution in [1.82, 2.24) is 0 Å². The van der Waals surface area contributed by atoms with Crippen LogP contribution in [-0.2, 0) is 4.79 Å². The Morgan fingerprint density at radius 2 is 2.27 bits per heavy atom. The Balaban J connectivity index is 2.41. The number of nitrogen functional groups attached to an aromatic ring is 1. The van der Waals surface area contributed by atoms with Crippen LogP contribution in [0.4, 0.5) is 5.69 Å². The normalized spacial score (nSPS) is 19.2. The van der Waals surface area contributed by atoms with Gasteiger partial charge in [0.15, 0.2) is 5.78 Å². The molecule has 0 aliphatic carbocycles. The summed E-state index contributed by atoms with van der Waals surface area (Å²) >= 11 is 0. The molecule has 0 radical (unpaired) electrons. The quantitative estimate of drug-likeness (QED) is 0.661. The fourth-order valence-corrected chi connectivity index (χ4v) is 1.48. The van der Waals surface area contributed by atoms with Gasteiger partial charge in [-0.3, -0.25) is 4.79 Å². The maximum atomic E-state index is 11.5. The molecule has 1 aromatic carbocycles. The lowest BCUT2D eigenvalue weighted by atomic mass is 10.0. The molecule has 2 rings (SSSR count). The number of Topliss-reactive ketones (excluding diaryl/α,β-unsaturated/α-hetero) is 1. The summed E-state index contributed by atoms with van der Waals surface area (Å²) < 4.78 is 5.14. The molecule has 0 saturated carbocycles. The fourth-order valence-electron chi connectivity index (χ4n) is 1.48. The third-order valence-electron chi connectivity index (χ3n) is 2.22. The van der Waals surface area contributed by atoms with E-state index in [0.29, 0.717) is 11.3 Å². The minimum atomic E-state index is -1.14. The van der Waals surface area contributed by atoms with Gasteiger partial charge in [0.25, 0.3) is 0 Å². The second-order valence-electron chi connectivity index (χ2n) is 3.33. The van der Waals surface area contributed by atoms with Gasteiger partial charge in [0.05, 0.1) is 12.0 Å². The minimum Gasteiger partial charge on any atom is -0.478 e. The number of anilines is 1. The topological polar surface area (TPSA) is 89.6 Å².